The van der Waals surface area contributed by atoms with Crippen molar-refractivity contribution in [3.05, 3.63) is 35.6 Å². The summed E-state index contributed by atoms with van der Waals surface area (Å²) >= 11 is 2.05. The second kappa shape index (κ2) is 11.9. The number of nitrogens with zero attached hydrogens (tertiary/aromatic N) is 2. The highest BCUT2D eigenvalue weighted by Crippen LogP contribution is 2.25. The van der Waals surface area contributed by atoms with E-state index in [0.29, 0.717) is 0 Å². The number of nitrogens with one attached hydrogen (secondary N) is 2. The van der Waals surface area contributed by atoms with Crippen LogP contribution in [0.4, 0.5) is 4.39 Å². The fourth-order valence-corrected chi connectivity index (χ4v) is 3.78. The van der Waals surface area contributed by atoms with Gasteiger partial charge in [0.05, 0.1) is 0 Å². The number of rotatable bonds is 7. The Morgan fingerprint density at radius 3 is 2.71 bits per heavy atom. The molecule has 0 saturated carbocycles. The fourth-order valence-electron chi connectivity index (χ4n) is 2.58. The summed E-state index contributed by atoms with van der Waals surface area (Å²) in [5.74, 6) is 1.97. The van der Waals surface area contributed by atoms with E-state index in [2.05, 4.69) is 27.6 Å². The molecule has 1 heterocycles. The van der Waals surface area contributed by atoms with Crippen LogP contribution in [-0.2, 0) is 6.54 Å². The Morgan fingerprint density at radius 1 is 1.33 bits per heavy atom. The Labute approximate surface area is 166 Å². The zero-order chi connectivity index (χ0) is 16.5. The van der Waals surface area contributed by atoms with E-state index >= 15 is 0 Å². The monoisotopic (exact) mass is 466 g/mol. The highest BCUT2D eigenvalue weighted by Gasteiger charge is 2.15. The smallest absolute Gasteiger partial charge is 0.191 e. The van der Waals surface area contributed by atoms with Gasteiger partial charge < -0.3 is 15.5 Å². The quantitative estimate of drug-likeness (QED) is 0.369. The van der Waals surface area contributed by atoms with Gasteiger partial charge in [-0.2, -0.15) is 11.8 Å². The van der Waals surface area contributed by atoms with Gasteiger partial charge in [-0.1, -0.05) is 12.1 Å². The molecule has 7 heteroatoms. The van der Waals surface area contributed by atoms with Gasteiger partial charge in [-0.3, -0.25) is 4.99 Å². The molecule has 24 heavy (non-hydrogen) atoms. The summed E-state index contributed by atoms with van der Waals surface area (Å²) < 4.78 is 12.9. The minimum atomic E-state index is -0.187. The molecule has 1 aromatic rings. The predicted octanol–water partition coefficient (Wildman–Crippen LogP) is 2.94. The van der Waals surface area contributed by atoms with E-state index in [1.54, 1.807) is 7.05 Å². The average molecular weight is 466 g/mol. The van der Waals surface area contributed by atoms with E-state index in [9.17, 15) is 4.39 Å². The molecule has 2 rings (SSSR count). The summed E-state index contributed by atoms with van der Waals surface area (Å²) in [6, 6.07) is 6.68. The Hall–Kier alpha value is -0.540. The van der Waals surface area contributed by atoms with E-state index < -0.39 is 0 Å². The number of benzene rings is 1. The molecule has 1 aliphatic rings. The van der Waals surface area contributed by atoms with Crippen LogP contribution in [0.1, 0.15) is 18.4 Å². The lowest BCUT2D eigenvalue weighted by molar-refractivity contribution is 0.331. The van der Waals surface area contributed by atoms with Crippen molar-refractivity contribution in [2.45, 2.75) is 24.6 Å². The molecule has 0 spiro atoms. The van der Waals surface area contributed by atoms with Gasteiger partial charge in [-0.15, -0.1) is 24.0 Å². The third-order valence-electron chi connectivity index (χ3n) is 3.90. The van der Waals surface area contributed by atoms with Crippen LogP contribution in [0.3, 0.4) is 0 Å². The van der Waals surface area contributed by atoms with Crippen LogP contribution in [0.5, 0.6) is 0 Å². The van der Waals surface area contributed by atoms with E-state index in [0.717, 1.165) is 43.0 Å². The van der Waals surface area contributed by atoms with Gasteiger partial charge in [-0.25, -0.2) is 4.39 Å². The molecule has 1 unspecified atom stereocenters. The minimum absolute atomic E-state index is 0. The molecule has 136 valence electrons. The highest BCUT2D eigenvalue weighted by molar-refractivity contribution is 14.0. The molecule has 0 bridgehead atoms. The van der Waals surface area contributed by atoms with Crippen LogP contribution in [-0.4, -0.2) is 55.6 Å². The molecule has 1 saturated heterocycles. The van der Waals surface area contributed by atoms with Crippen molar-refractivity contribution in [1.29, 1.82) is 0 Å². The summed E-state index contributed by atoms with van der Waals surface area (Å²) in [6.45, 7) is 3.52. The Balaban J connectivity index is 0.00000288. The van der Waals surface area contributed by atoms with Gasteiger partial charge in [0.1, 0.15) is 5.82 Å². The average Bonchev–Trinajstić information content (AvgIpc) is 3.06. The normalized spacial score (nSPS) is 17.7. The molecule has 1 atom stereocenters. The number of halogens is 2. The summed E-state index contributed by atoms with van der Waals surface area (Å²) in [7, 11) is 3.87. The number of guanidine groups is 1. The van der Waals surface area contributed by atoms with Crippen LogP contribution in [0.2, 0.25) is 0 Å². The Morgan fingerprint density at radius 2 is 2.08 bits per heavy atom. The minimum Gasteiger partial charge on any atom is -0.355 e. The first-order chi connectivity index (χ1) is 11.2. The van der Waals surface area contributed by atoms with Crippen molar-refractivity contribution in [1.82, 2.24) is 15.5 Å². The second-order valence-electron chi connectivity index (χ2n) is 5.88. The van der Waals surface area contributed by atoms with Crippen molar-refractivity contribution in [3.63, 3.8) is 0 Å². The van der Waals surface area contributed by atoms with Crippen LogP contribution >= 0.6 is 35.7 Å². The molecule has 1 aromatic carbocycles. The lowest BCUT2D eigenvalue weighted by Crippen LogP contribution is -2.42. The van der Waals surface area contributed by atoms with Gasteiger partial charge in [0, 0.05) is 38.5 Å². The van der Waals surface area contributed by atoms with Gasteiger partial charge in [0.15, 0.2) is 5.96 Å². The third-order valence-corrected chi connectivity index (χ3v) is 5.29. The van der Waals surface area contributed by atoms with Gasteiger partial charge >= 0.3 is 0 Å². The zero-order valence-electron chi connectivity index (χ0n) is 14.4. The first kappa shape index (κ1) is 21.5. The van der Waals surface area contributed by atoms with E-state index in [1.807, 2.05) is 23.9 Å². The molecule has 2 N–H and O–H groups in total. The van der Waals surface area contributed by atoms with Gasteiger partial charge in [0.25, 0.3) is 0 Å². The van der Waals surface area contributed by atoms with Crippen LogP contribution < -0.4 is 10.6 Å². The largest absolute Gasteiger partial charge is 0.355 e. The lowest BCUT2D eigenvalue weighted by Gasteiger charge is -2.19. The predicted molar refractivity (Wildman–Crippen MR) is 113 cm³/mol. The summed E-state index contributed by atoms with van der Waals surface area (Å²) in [5.41, 5.74) is 1.12. The fraction of sp³-hybridized carbons (Fsp3) is 0.588. The first-order valence-electron chi connectivity index (χ1n) is 8.16. The highest BCUT2D eigenvalue weighted by atomic mass is 127. The number of likely N-dealkylation sites (N-methyl/N-ethyl adjacent to an activating group) is 1. The maximum atomic E-state index is 12.9. The van der Waals surface area contributed by atoms with Crippen molar-refractivity contribution in [3.8, 4) is 0 Å². The second-order valence-corrected chi connectivity index (χ2v) is 7.29. The summed E-state index contributed by atoms with van der Waals surface area (Å²) in [5, 5.41) is 7.46. The molecule has 0 aliphatic carbocycles. The maximum Gasteiger partial charge on any atom is 0.191 e. The summed E-state index contributed by atoms with van der Waals surface area (Å²) in [6.07, 6.45) is 2.63. The van der Waals surface area contributed by atoms with Crippen LogP contribution in [0.25, 0.3) is 0 Å². The molecule has 0 radical (unpaired) electrons. The number of hydrogen-bond donors (Lipinski definition) is 2. The first-order valence-corrected chi connectivity index (χ1v) is 9.21. The van der Waals surface area contributed by atoms with Crippen molar-refractivity contribution in [2.24, 2.45) is 4.99 Å². The van der Waals surface area contributed by atoms with Crippen LogP contribution in [0, 0.1) is 5.82 Å². The molecular weight excluding hydrogens is 438 g/mol. The molecule has 1 fully saturated rings. The number of thioether (sulfide) groups is 1. The molecule has 0 amide bonds. The lowest BCUT2D eigenvalue weighted by atomic mass is 10.2. The SMILES string of the molecule is CN=C(NCCN(C)Cc1ccc(F)cc1)NCC1CCCS1.I. The van der Waals surface area contributed by atoms with Crippen molar-refractivity contribution < 1.29 is 4.39 Å². The standard InChI is InChI=1S/C17H27FN4S.HI/c1-19-17(21-12-16-4-3-11-23-16)20-9-10-22(2)13-14-5-7-15(18)8-6-14;/h5-8,16H,3-4,9-13H2,1-2H3,(H2,19,20,21);1H. The van der Waals surface area contributed by atoms with E-state index in [4.69, 9.17) is 0 Å². The molecule has 4 nitrogen and oxygen atoms in total. The number of hydrogen-bond acceptors (Lipinski definition) is 3. The van der Waals surface area contributed by atoms with Crippen LogP contribution in [0.15, 0.2) is 29.3 Å². The topological polar surface area (TPSA) is 39.7 Å². The van der Waals surface area contributed by atoms with E-state index in [-0.39, 0.29) is 29.8 Å². The summed E-state index contributed by atoms with van der Waals surface area (Å²) in [4.78, 5) is 6.47. The Kier molecular flexibility index (Phi) is 10.7. The maximum absolute atomic E-state index is 12.9. The van der Waals surface area contributed by atoms with Gasteiger partial charge in [0.2, 0.25) is 0 Å². The number of aliphatic imine (C=N–C) groups is 1. The van der Waals surface area contributed by atoms with Gasteiger partial charge in [-0.05, 0) is 43.3 Å². The third kappa shape index (κ3) is 8.02. The molecule has 1 aliphatic heterocycles. The van der Waals surface area contributed by atoms with E-state index in [1.165, 1.54) is 30.7 Å². The molecular formula is C17H28FIN4S. The van der Waals surface area contributed by atoms with Crippen molar-refractivity contribution in [2.75, 3.05) is 39.5 Å². The Bertz CT molecular complexity index is 492. The molecule has 0 aromatic heterocycles. The van der Waals surface area contributed by atoms with Crippen molar-refractivity contribution >= 4 is 41.7 Å². The zero-order valence-corrected chi connectivity index (χ0v) is 17.6.